The van der Waals surface area contributed by atoms with Crippen LogP contribution in [0.15, 0.2) is 24.3 Å². The fourth-order valence-corrected chi connectivity index (χ4v) is 2.18. The molecule has 1 heterocycles. The van der Waals surface area contributed by atoms with E-state index in [0.717, 1.165) is 6.42 Å². The predicted molar refractivity (Wildman–Crippen MR) is 68.2 cm³/mol. The second-order valence-corrected chi connectivity index (χ2v) is 4.49. The van der Waals surface area contributed by atoms with Crippen LogP contribution in [0.3, 0.4) is 0 Å². The molecule has 1 aliphatic heterocycles. The second kappa shape index (κ2) is 5.96. The summed E-state index contributed by atoms with van der Waals surface area (Å²) in [5, 5.41) is 0. The van der Waals surface area contributed by atoms with Gasteiger partial charge in [0.2, 0.25) is 0 Å². The van der Waals surface area contributed by atoms with Crippen molar-refractivity contribution in [1.29, 1.82) is 0 Å². The zero-order chi connectivity index (χ0) is 13.0. The minimum Gasteiger partial charge on any atom is -0.381 e. The van der Waals surface area contributed by atoms with Gasteiger partial charge in [-0.3, -0.25) is 4.79 Å². The van der Waals surface area contributed by atoms with Crippen LogP contribution in [0.2, 0.25) is 0 Å². The molecule has 3 nitrogen and oxygen atoms in total. The van der Waals surface area contributed by atoms with Crippen LogP contribution in [-0.4, -0.2) is 32.1 Å². The maximum Gasteiger partial charge on any atom is 0.157 e. The van der Waals surface area contributed by atoms with Crippen molar-refractivity contribution in [2.24, 2.45) is 5.92 Å². The van der Waals surface area contributed by atoms with Crippen molar-refractivity contribution >= 4 is 11.5 Å². The van der Waals surface area contributed by atoms with Crippen LogP contribution in [0.1, 0.15) is 13.3 Å². The zero-order valence-electron chi connectivity index (χ0n) is 10.6. The van der Waals surface area contributed by atoms with Gasteiger partial charge in [-0.25, -0.2) is 4.39 Å². The van der Waals surface area contributed by atoms with Crippen LogP contribution >= 0.6 is 0 Å². The molecule has 1 unspecified atom stereocenters. The van der Waals surface area contributed by atoms with E-state index in [1.165, 1.54) is 6.07 Å². The highest BCUT2D eigenvalue weighted by Crippen LogP contribution is 2.20. The number of ether oxygens (including phenoxy) is 1. The van der Waals surface area contributed by atoms with Gasteiger partial charge in [0.25, 0.3) is 0 Å². The lowest BCUT2D eigenvalue weighted by Gasteiger charge is -2.23. The van der Waals surface area contributed by atoms with Crippen molar-refractivity contribution in [3.05, 3.63) is 30.1 Å². The Balaban J connectivity index is 2.05. The SMILES string of the molecule is CCN(CC(=O)C1CCOC1)c1ccccc1F. The molecule has 98 valence electrons. The fourth-order valence-electron chi connectivity index (χ4n) is 2.18. The number of Topliss-reactive ketones (excluding diaryl/α,β-unsaturated/α-hetero) is 1. The lowest BCUT2D eigenvalue weighted by Crippen LogP contribution is -2.34. The van der Waals surface area contributed by atoms with E-state index in [0.29, 0.717) is 25.4 Å². The number of para-hydroxylation sites is 1. The Morgan fingerprint density at radius 3 is 2.89 bits per heavy atom. The van der Waals surface area contributed by atoms with Crippen molar-refractivity contribution in [2.45, 2.75) is 13.3 Å². The van der Waals surface area contributed by atoms with E-state index in [1.807, 2.05) is 6.92 Å². The van der Waals surface area contributed by atoms with Crippen LogP contribution in [-0.2, 0) is 9.53 Å². The summed E-state index contributed by atoms with van der Waals surface area (Å²) in [4.78, 5) is 13.8. The number of rotatable bonds is 5. The van der Waals surface area contributed by atoms with E-state index in [-0.39, 0.29) is 24.1 Å². The minimum atomic E-state index is -0.283. The second-order valence-electron chi connectivity index (χ2n) is 4.49. The van der Waals surface area contributed by atoms with Crippen LogP contribution < -0.4 is 4.90 Å². The Morgan fingerprint density at radius 2 is 2.28 bits per heavy atom. The highest BCUT2D eigenvalue weighted by Gasteiger charge is 2.25. The number of ketones is 1. The summed E-state index contributed by atoms with van der Waals surface area (Å²) < 4.78 is 18.9. The van der Waals surface area contributed by atoms with Gasteiger partial charge in [0.05, 0.1) is 18.8 Å². The first-order chi connectivity index (χ1) is 8.72. The van der Waals surface area contributed by atoms with Crippen molar-refractivity contribution in [1.82, 2.24) is 0 Å². The summed E-state index contributed by atoms with van der Waals surface area (Å²) in [5.41, 5.74) is 0.493. The molecule has 1 saturated heterocycles. The van der Waals surface area contributed by atoms with Gasteiger partial charge in [-0.1, -0.05) is 12.1 Å². The normalized spacial score (nSPS) is 18.9. The first kappa shape index (κ1) is 13.0. The monoisotopic (exact) mass is 251 g/mol. The minimum absolute atomic E-state index is 0.0224. The maximum atomic E-state index is 13.7. The summed E-state index contributed by atoms with van der Waals surface area (Å²) in [6.45, 7) is 3.95. The van der Waals surface area contributed by atoms with Gasteiger partial charge in [-0.2, -0.15) is 0 Å². The largest absolute Gasteiger partial charge is 0.381 e. The Labute approximate surface area is 107 Å². The molecule has 0 aromatic heterocycles. The maximum absolute atomic E-state index is 13.7. The zero-order valence-corrected chi connectivity index (χ0v) is 10.6. The highest BCUT2D eigenvalue weighted by atomic mass is 19.1. The van der Waals surface area contributed by atoms with Gasteiger partial charge in [0.1, 0.15) is 5.82 Å². The summed E-state index contributed by atoms with van der Waals surface area (Å²) in [6, 6.07) is 6.56. The summed E-state index contributed by atoms with van der Waals surface area (Å²) in [5.74, 6) is -0.168. The van der Waals surface area contributed by atoms with E-state index in [1.54, 1.807) is 23.1 Å². The number of carbonyl (C=O) groups excluding carboxylic acids is 1. The Bertz CT molecular complexity index is 416. The molecule has 1 atom stereocenters. The van der Waals surface area contributed by atoms with Crippen LogP contribution in [0.4, 0.5) is 10.1 Å². The molecule has 0 saturated carbocycles. The van der Waals surface area contributed by atoms with Crippen molar-refractivity contribution < 1.29 is 13.9 Å². The average molecular weight is 251 g/mol. The van der Waals surface area contributed by atoms with E-state index in [9.17, 15) is 9.18 Å². The number of halogens is 1. The first-order valence-corrected chi connectivity index (χ1v) is 6.32. The van der Waals surface area contributed by atoms with Crippen molar-refractivity contribution in [2.75, 3.05) is 31.2 Å². The molecule has 0 bridgehead atoms. The smallest absolute Gasteiger partial charge is 0.157 e. The lowest BCUT2D eigenvalue weighted by molar-refractivity contribution is -0.121. The van der Waals surface area contributed by atoms with Gasteiger partial charge < -0.3 is 9.64 Å². The number of hydrogen-bond donors (Lipinski definition) is 0. The van der Waals surface area contributed by atoms with E-state index in [4.69, 9.17) is 4.74 Å². The van der Waals surface area contributed by atoms with Crippen molar-refractivity contribution in [3.8, 4) is 0 Å². The quantitative estimate of drug-likeness (QED) is 0.804. The number of carbonyl (C=O) groups is 1. The third-order valence-corrected chi connectivity index (χ3v) is 3.31. The van der Waals surface area contributed by atoms with Crippen molar-refractivity contribution in [3.63, 3.8) is 0 Å². The van der Waals surface area contributed by atoms with Crippen LogP contribution in [0, 0.1) is 11.7 Å². The summed E-state index contributed by atoms with van der Waals surface area (Å²) in [6.07, 6.45) is 0.785. The molecule has 4 heteroatoms. The van der Waals surface area contributed by atoms with E-state index >= 15 is 0 Å². The Kier molecular flexibility index (Phi) is 4.31. The molecule has 1 aliphatic rings. The van der Waals surface area contributed by atoms with Gasteiger partial charge in [0, 0.05) is 19.1 Å². The molecule has 1 fully saturated rings. The molecule has 0 radical (unpaired) electrons. The molecular formula is C14H18FNO2. The third kappa shape index (κ3) is 2.88. The average Bonchev–Trinajstić information content (AvgIpc) is 2.90. The van der Waals surface area contributed by atoms with E-state index in [2.05, 4.69) is 0 Å². The molecule has 2 rings (SSSR count). The summed E-state index contributed by atoms with van der Waals surface area (Å²) in [7, 11) is 0. The summed E-state index contributed by atoms with van der Waals surface area (Å²) >= 11 is 0. The molecule has 1 aromatic rings. The molecule has 0 aliphatic carbocycles. The molecule has 1 aromatic carbocycles. The number of anilines is 1. The standard InChI is InChI=1S/C14H18FNO2/c1-2-16(13-6-4-3-5-12(13)15)9-14(17)11-7-8-18-10-11/h3-6,11H,2,7-10H2,1H3. The van der Waals surface area contributed by atoms with Crippen LogP contribution in [0.25, 0.3) is 0 Å². The number of benzene rings is 1. The Morgan fingerprint density at radius 1 is 1.50 bits per heavy atom. The van der Waals surface area contributed by atoms with Gasteiger partial charge in [-0.15, -0.1) is 0 Å². The predicted octanol–water partition coefficient (Wildman–Crippen LogP) is 2.26. The van der Waals surface area contributed by atoms with Gasteiger partial charge in [-0.05, 0) is 25.5 Å². The Hall–Kier alpha value is -1.42. The van der Waals surface area contributed by atoms with Crippen LogP contribution in [0.5, 0.6) is 0 Å². The van der Waals surface area contributed by atoms with Gasteiger partial charge >= 0.3 is 0 Å². The molecule has 0 spiro atoms. The lowest BCUT2D eigenvalue weighted by atomic mass is 10.0. The molecular weight excluding hydrogens is 233 g/mol. The van der Waals surface area contributed by atoms with E-state index < -0.39 is 0 Å². The number of likely N-dealkylation sites (N-methyl/N-ethyl adjacent to an activating group) is 1. The first-order valence-electron chi connectivity index (χ1n) is 6.32. The molecule has 0 N–H and O–H groups in total. The van der Waals surface area contributed by atoms with Gasteiger partial charge in [0.15, 0.2) is 5.78 Å². The number of nitrogens with zero attached hydrogens (tertiary/aromatic N) is 1. The highest BCUT2D eigenvalue weighted by molar-refractivity contribution is 5.86. The number of hydrogen-bond acceptors (Lipinski definition) is 3. The molecule has 0 amide bonds. The topological polar surface area (TPSA) is 29.5 Å². The third-order valence-electron chi connectivity index (χ3n) is 3.31. The molecule has 18 heavy (non-hydrogen) atoms. The fraction of sp³-hybridized carbons (Fsp3) is 0.500.